The molecular formula is C17H22FN3O3. The number of halogens is 1. The smallest absolute Gasteiger partial charge is 0.410 e. The lowest BCUT2D eigenvalue weighted by molar-refractivity contribution is -0.125. The highest BCUT2D eigenvalue weighted by Gasteiger charge is 2.52. The molecule has 0 unspecified atom stereocenters. The minimum Gasteiger partial charge on any atom is -0.444 e. The molecule has 1 aromatic rings. The van der Waals surface area contributed by atoms with Crippen molar-refractivity contribution in [3.8, 4) is 0 Å². The number of ether oxygens (including phenoxy) is 1. The Bertz CT molecular complexity index is 691. The van der Waals surface area contributed by atoms with Gasteiger partial charge in [0.2, 0.25) is 0 Å². The van der Waals surface area contributed by atoms with Gasteiger partial charge in [0.1, 0.15) is 11.4 Å². The number of fused-ring (bicyclic) bond motifs is 2. The third kappa shape index (κ3) is 2.62. The summed E-state index contributed by atoms with van der Waals surface area (Å²) in [5.74, 6) is 5.24. The molecule has 2 amide bonds. The van der Waals surface area contributed by atoms with E-state index in [1.807, 2.05) is 20.8 Å². The summed E-state index contributed by atoms with van der Waals surface area (Å²) in [6.07, 6.45) is 0.400. The molecule has 2 N–H and O–H groups in total. The van der Waals surface area contributed by atoms with Crippen LogP contribution in [0.15, 0.2) is 18.2 Å². The maximum Gasteiger partial charge on any atom is 0.410 e. The van der Waals surface area contributed by atoms with Gasteiger partial charge in [-0.25, -0.2) is 20.0 Å². The SMILES string of the molecule is CC(C)(C)OC(=O)N1CCC2(CC1)C(=O)N(N)c1ccc(F)cc12. The molecule has 0 atom stereocenters. The number of piperidine rings is 1. The van der Waals surface area contributed by atoms with E-state index in [0.29, 0.717) is 37.2 Å². The summed E-state index contributed by atoms with van der Waals surface area (Å²) in [5.41, 5.74) is -0.282. The number of rotatable bonds is 0. The number of hydrazine groups is 1. The molecular weight excluding hydrogens is 313 g/mol. The van der Waals surface area contributed by atoms with Gasteiger partial charge in [0, 0.05) is 13.1 Å². The number of carbonyl (C=O) groups is 2. The van der Waals surface area contributed by atoms with Gasteiger partial charge in [0.25, 0.3) is 5.91 Å². The number of hydrogen-bond acceptors (Lipinski definition) is 4. The van der Waals surface area contributed by atoms with Crippen molar-refractivity contribution >= 4 is 17.7 Å². The van der Waals surface area contributed by atoms with Crippen LogP contribution in [0.2, 0.25) is 0 Å². The van der Waals surface area contributed by atoms with E-state index in [0.717, 1.165) is 5.01 Å². The first-order valence-corrected chi connectivity index (χ1v) is 8.01. The van der Waals surface area contributed by atoms with E-state index in [4.69, 9.17) is 10.6 Å². The number of anilines is 1. The van der Waals surface area contributed by atoms with Crippen LogP contribution in [0.3, 0.4) is 0 Å². The van der Waals surface area contributed by atoms with Crippen LogP contribution < -0.4 is 10.9 Å². The van der Waals surface area contributed by atoms with E-state index >= 15 is 0 Å². The lowest BCUT2D eigenvalue weighted by Gasteiger charge is -2.38. The van der Waals surface area contributed by atoms with E-state index in [1.54, 1.807) is 4.90 Å². The molecule has 1 fully saturated rings. The Hall–Kier alpha value is -2.15. The second-order valence-corrected chi connectivity index (χ2v) is 7.39. The Labute approximate surface area is 140 Å². The van der Waals surface area contributed by atoms with Gasteiger partial charge < -0.3 is 9.64 Å². The summed E-state index contributed by atoms with van der Waals surface area (Å²) in [6, 6.07) is 4.20. The van der Waals surface area contributed by atoms with E-state index in [-0.39, 0.29) is 5.91 Å². The first kappa shape index (κ1) is 16.7. The predicted octanol–water partition coefficient (Wildman–Crippen LogP) is 2.31. The second-order valence-electron chi connectivity index (χ2n) is 7.39. The monoisotopic (exact) mass is 335 g/mol. The van der Waals surface area contributed by atoms with Gasteiger partial charge in [0.05, 0.1) is 11.1 Å². The standard InChI is InChI=1S/C17H22FN3O3/c1-16(2,3)24-15(23)20-8-6-17(7-9-20)12-10-11(18)4-5-13(12)21(19)14(17)22/h4-5,10H,6-9,19H2,1-3H3. The van der Waals surface area contributed by atoms with Gasteiger partial charge in [-0.2, -0.15) is 0 Å². The zero-order valence-electron chi connectivity index (χ0n) is 14.1. The molecule has 2 aliphatic rings. The second kappa shape index (κ2) is 5.44. The fraction of sp³-hybridized carbons (Fsp3) is 0.529. The lowest BCUT2D eigenvalue weighted by Crippen LogP contribution is -2.52. The maximum atomic E-state index is 13.7. The van der Waals surface area contributed by atoms with Crippen LogP contribution in [-0.2, 0) is 14.9 Å². The van der Waals surface area contributed by atoms with Crippen LogP contribution in [0.1, 0.15) is 39.2 Å². The van der Waals surface area contributed by atoms with Crippen molar-refractivity contribution in [3.05, 3.63) is 29.6 Å². The van der Waals surface area contributed by atoms with Crippen molar-refractivity contribution in [1.29, 1.82) is 0 Å². The van der Waals surface area contributed by atoms with Crippen LogP contribution in [0.25, 0.3) is 0 Å². The molecule has 1 saturated heterocycles. The molecule has 24 heavy (non-hydrogen) atoms. The highest BCUT2D eigenvalue weighted by molar-refractivity contribution is 6.07. The lowest BCUT2D eigenvalue weighted by atomic mass is 9.73. The largest absolute Gasteiger partial charge is 0.444 e. The molecule has 7 heteroatoms. The molecule has 0 bridgehead atoms. The molecule has 6 nitrogen and oxygen atoms in total. The summed E-state index contributed by atoms with van der Waals surface area (Å²) < 4.78 is 19.1. The van der Waals surface area contributed by atoms with E-state index < -0.39 is 22.9 Å². The molecule has 0 saturated carbocycles. The van der Waals surface area contributed by atoms with Gasteiger partial charge in [0.15, 0.2) is 0 Å². The van der Waals surface area contributed by atoms with Crippen LogP contribution in [0.4, 0.5) is 14.9 Å². The number of benzene rings is 1. The molecule has 130 valence electrons. The summed E-state index contributed by atoms with van der Waals surface area (Å²) in [4.78, 5) is 26.5. The van der Waals surface area contributed by atoms with E-state index in [2.05, 4.69) is 0 Å². The molecule has 1 aromatic carbocycles. The Morgan fingerprint density at radius 3 is 2.50 bits per heavy atom. The minimum atomic E-state index is -0.856. The highest BCUT2D eigenvalue weighted by atomic mass is 19.1. The fourth-order valence-corrected chi connectivity index (χ4v) is 3.44. The quantitative estimate of drug-likeness (QED) is 0.583. The average molecular weight is 335 g/mol. The highest BCUT2D eigenvalue weighted by Crippen LogP contribution is 2.47. The number of carbonyl (C=O) groups excluding carboxylic acids is 2. The zero-order chi connectivity index (χ0) is 17.7. The normalized spacial score (nSPS) is 19.6. The Morgan fingerprint density at radius 1 is 1.29 bits per heavy atom. The van der Waals surface area contributed by atoms with E-state index in [1.165, 1.54) is 18.2 Å². The van der Waals surface area contributed by atoms with Crippen LogP contribution in [-0.4, -0.2) is 35.6 Å². The number of likely N-dealkylation sites (tertiary alicyclic amines) is 1. The van der Waals surface area contributed by atoms with Crippen molar-refractivity contribution in [2.75, 3.05) is 18.1 Å². The van der Waals surface area contributed by atoms with Crippen LogP contribution in [0.5, 0.6) is 0 Å². The molecule has 0 aliphatic carbocycles. The number of hydrogen-bond donors (Lipinski definition) is 1. The van der Waals surface area contributed by atoms with Crippen molar-refractivity contribution in [3.63, 3.8) is 0 Å². The Morgan fingerprint density at radius 2 is 1.92 bits per heavy atom. The summed E-state index contributed by atoms with van der Waals surface area (Å²) >= 11 is 0. The van der Waals surface area contributed by atoms with Crippen molar-refractivity contribution in [2.45, 2.75) is 44.6 Å². The summed E-state index contributed by atoms with van der Waals surface area (Å²) in [7, 11) is 0. The third-order valence-corrected chi connectivity index (χ3v) is 4.63. The number of nitrogens with zero attached hydrogens (tertiary/aromatic N) is 2. The number of amides is 2. The third-order valence-electron chi connectivity index (χ3n) is 4.63. The molecule has 1 spiro atoms. The van der Waals surface area contributed by atoms with Crippen molar-refractivity contribution < 1.29 is 18.7 Å². The van der Waals surface area contributed by atoms with Gasteiger partial charge in [-0.05, 0) is 57.4 Å². The number of nitrogens with two attached hydrogens (primary N) is 1. The Kier molecular flexibility index (Phi) is 3.79. The van der Waals surface area contributed by atoms with Crippen LogP contribution >= 0.6 is 0 Å². The summed E-state index contributed by atoms with van der Waals surface area (Å²) in [6.45, 7) is 6.15. The van der Waals surface area contributed by atoms with Crippen LogP contribution in [0, 0.1) is 5.82 Å². The van der Waals surface area contributed by atoms with E-state index in [9.17, 15) is 14.0 Å². The average Bonchev–Trinajstić information content (AvgIpc) is 2.69. The van der Waals surface area contributed by atoms with Gasteiger partial charge in [-0.15, -0.1) is 0 Å². The topological polar surface area (TPSA) is 75.9 Å². The molecule has 2 heterocycles. The summed E-state index contributed by atoms with van der Waals surface area (Å²) in [5, 5.41) is 1.10. The minimum absolute atomic E-state index is 0.244. The van der Waals surface area contributed by atoms with Crippen molar-refractivity contribution in [2.24, 2.45) is 5.84 Å². The van der Waals surface area contributed by atoms with Gasteiger partial charge >= 0.3 is 6.09 Å². The Balaban J connectivity index is 1.82. The predicted molar refractivity (Wildman–Crippen MR) is 86.8 cm³/mol. The van der Waals surface area contributed by atoms with Crippen molar-refractivity contribution in [1.82, 2.24) is 4.90 Å². The fourth-order valence-electron chi connectivity index (χ4n) is 3.44. The zero-order valence-corrected chi connectivity index (χ0v) is 14.1. The first-order chi connectivity index (χ1) is 11.1. The van der Waals surface area contributed by atoms with Gasteiger partial charge in [-0.3, -0.25) is 4.79 Å². The molecule has 0 aromatic heterocycles. The molecule has 3 rings (SSSR count). The molecule has 2 aliphatic heterocycles. The maximum absolute atomic E-state index is 13.7. The molecule has 0 radical (unpaired) electrons. The first-order valence-electron chi connectivity index (χ1n) is 8.01. The van der Waals surface area contributed by atoms with Gasteiger partial charge in [-0.1, -0.05) is 0 Å².